The van der Waals surface area contributed by atoms with Crippen molar-refractivity contribution in [3.8, 4) is 0 Å². The molecule has 1 aliphatic heterocycles. The van der Waals surface area contributed by atoms with Crippen molar-refractivity contribution in [3.63, 3.8) is 0 Å². The molecule has 112 valence electrons. The highest BCUT2D eigenvalue weighted by Gasteiger charge is 2.38. The maximum Gasteiger partial charge on any atom is 0.240 e. The first-order chi connectivity index (χ1) is 8.85. The molecule has 0 bridgehead atoms. The minimum Gasteiger partial charge on any atom is -0.323 e. The molecule has 0 aromatic heterocycles. The second kappa shape index (κ2) is 6.95. The average Bonchev–Trinajstić information content (AvgIpc) is 2.44. The van der Waals surface area contributed by atoms with E-state index in [4.69, 9.17) is 5.73 Å². The van der Waals surface area contributed by atoms with E-state index in [0.29, 0.717) is 12.3 Å². The fourth-order valence-corrected chi connectivity index (χ4v) is 4.99. The van der Waals surface area contributed by atoms with E-state index >= 15 is 0 Å². The van der Waals surface area contributed by atoms with Crippen LogP contribution in [0.1, 0.15) is 27.2 Å². The van der Waals surface area contributed by atoms with E-state index in [-0.39, 0.29) is 17.6 Å². The van der Waals surface area contributed by atoms with Crippen molar-refractivity contribution in [3.05, 3.63) is 0 Å². The number of amides is 1. The topological polar surface area (TPSA) is 80.5 Å². The number of thioether (sulfide) groups is 1. The molecule has 1 aliphatic rings. The Morgan fingerprint density at radius 2 is 2.11 bits per heavy atom. The molecule has 1 rings (SSSR count). The lowest BCUT2D eigenvalue weighted by Gasteiger charge is -2.37. The fraction of sp³-hybridized carbons (Fsp3) is 0.917. The summed E-state index contributed by atoms with van der Waals surface area (Å²) in [7, 11) is -3.25. The summed E-state index contributed by atoms with van der Waals surface area (Å²) in [5.74, 6) is 1.12. The number of nitrogens with zero attached hydrogens (tertiary/aromatic N) is 1. The highest BCUT2D eigenvalue weighted by molar-refractivity contribution is 8.01. The maximum absolute atomic E-state index is 12.4. The van der Waals surface area contributed by atoms with E-state index in [2.05, 4.69) is 0 Å². The predicted molar refractivity (Wildman–Crippen MR) is 79.7 cm³/mol. The van der Waals surface area contributed by atoms with E-state index < -0.39 is 21.3 Å². The first-order valence-electron chi connectivity index (χ1n) is 6.70. The van der Waals surface area contributed by atoms with Gasteiger partial charge in [0.25, 0.3) is 0 Å². The number of rotatable bonds is 5. The third kappa shape index (κ3) is 3.86. The van der Waals surface area contributed by atoms with Crippen molar-refractivity contribution in [1.82, 2.24) is 4.90 Å². The van der Waals surface area contributed by atoms with Crippen LogP contribution in [0.3, 0.4) is 0 Å². The minimum absolute atomic E-state index is 0.0561. The predicted octanol–water partition coefficient (Wildman–Crippen LogP) is 0.696. The van der Waals surface area contributed by atoms with Gasteiger partial charge in [-0.05, 0) is 5.92 Å². The lowest BCUT2D eigenvalue weighted by molar-refractivity contribution is -0.134. The van der Waals surface area contributed by atoms with Crippen molar-refractivity contribution in [1.29, 1.82) is 0 Å². The Morgan fingerprint density at radius 1 is 1.47 bits per heavy atom. The number of sulfone groups is 1. The molecule has 1 saturated heterocycles. The number of hydrogen-bond acceptors (Lipinski definition) is 5. The fourth-order valence-electron chi connectivity index (χ4n) is 2.01. The summed E-state index contributed by atoms with van der Waals surface area (Å²) in [5, 5.41) is -0.709. The van der Waals surface area contributed by atoms with Gasteiger partial charge in [-0.15, -0.1) is 0 Å². The summed E-state index contributed by atoms with van der Waals surface area (Å²) in [6.07, 6.45) is 0.806. The van der Waals surface area contributed by atoms with Crippen LogP contribution >= 0.6 is 11.8 Å². The van der Waals surface area contributed by atoms with Gasteiger partial charge in [0.15, 0.2) is 9.84 Å². The van der Waals surface area contributed by atoms with E-state index in [1.54, 1.807) is 18.7 Å². The molecule has 0 saturated carbocycles. The highest BCUT2D eigenvalue weighted by Crippen LogP contribution is 2.23. The Morgan fingerprint density at radius 3 is 2.63 bits per heavy atom. The summed E-state index contributed by atoms with van der Waals surface area (Å²) in [5.41, 5.74) is 5.96. The van der Waals surface area contributed by atoms with Gasteiger partial charge in [-0.1, -0.05) is 27.2 Å². The van der Waals surface area contributed by atoms with Crippen molar-refractivity contribution in [2.24, 2.45) is 11.7 Å². The smallest absolute Gasteiger partial charge is 0.240 e. The van der Waals surface area contributed by atoms with Gasteiger partial charge < -0.3 is 10.6 Å². The van der Waals surface area contributed by atoms with Crippen LogP contribution in [0.2, 0.25) is 0 Å². The average molecular weight is 308 g/mol. The van der Waals surface area contributed by atoms with Gasteiger partial charge in [-0.2, -0.15) is 11.8 Å². The number of hydrogen-bond donors (Lipinski definition) is 1. The second-order valence-corrected chi connectivity index (χ2v) is 8.52. The standard InChI is InChI=1S/C12H24N2O3S2/c1-4-9(3)11(13)12(15)14-6-7-18-8-10(14)19(16,17)5-2/h9-11H,4-8,13H2,1-3H3. The van der Waals surface area contributed by atoms with Crippen LogP contribution < -0.4 is 5.73 Å². The first kappa shape index (κ1) is 16.8. The Labute approximate surface area is 120 Å². The molecule has 1 amide bonds. The van der Waals surface area contributed by atoms with E-state index in [1.807, 2.05) is 13.8 Å². The molecule has 2 N–H and O–H groups in total. The van der Waals surface area contributed by atoms with E-state index in [1.165, 1.54) is 4.90 Å². The van der Waals surface area contributed by atoms with Crippen molar-refractivity contribution in [2.75, 3.05) is 23.8 Å². The molecular formula is C12H24N2O3S2. The summed E-state index contributed by atoms with van der Waals surface area (Å²) < 4.78 is 24.2. The molecule has 1 heterocycles. The van der Waals surface area contributed by atoms with Gasteiger partial charge in [0.2, 0.25) is 5.91 Å². The third-order valence-electron chi connectivity index (χ3n) is 3.73. The monoisotopic (exact) mass is 308 g/mol. The summed E-state index contributed by atoms with van der Waals surface area (Å²) in [6, 6.07) is -0.609. The van der Waals surface area contributed by atoms with Gasteiger partial charge >= 0.3 is 0 Å². The van der Waals surface area contributed by atoms with Crippen LogP contribution in [0.4, 0.5) is 0 Å². The van der Waals surface area contributed by atoms with Crippen LogP contribution in [0.5, 0.6) is 0 Å². The zero-order chi connectivity index (χ0) is 14.6. The molecule has 5 nitrogen and oxygen atoms in total. The molecule has 0 radical (unpaired) electrons. The molecule has 0 spiro atoms. The van der Waals surface area contributed by atoms with Crippen molar-refractivity contribution in [2.45, 2.75) is 38.6 Å². The molecule has 7 heteroatoms. The second-order valence-electron chi connectivity index (χ2n) is 4.92. The molecule has 3 atom stereocenters. The first-order valence-corrected chi connectivity index (χ1v) is 9.57. The van der Waals surface area contributed by atoms with Gasteiger partial charge in [-0.25, -0.2) is 8.42 Å². The van der Waals surface area contributed by atoms with E-state index in [0.717, 1.165) is 12.2 Å². The Bertz CT molecular complexity index is 411. The third-order valence-corrected chi connectivity index (χ3v) is 7.02. The Kier molecular flexibility index (Phi) is 6.14. The molecular weight excluding hydrogens is 284 g/mol. The molecule has 0 aliphatic carbocycles. The zero-order valence-corrected chi connectivity index (χ0v) is 13.5. The van der Waals surface area contributed by atoms with Gasteiger partial charge in [-0.3, -0.25) is 4.79 Å². The maximum atomic E-state index is 12.4. The minimum atomic E-state index is -3.25. The van der Waals surface area contributed by atoms with Crippen molar-refractivity contribution < 1.29 is 13.2 Å². The quantitative estimate of drug-likeness (QED) is 0.808. The van der Waals surface area contributed by atoms with Gasteiger partial charge in [0.05, 0.1) is 6.04 Å². The van der Waals surface area contributed by atoms with Crippen LogP contribution in [0, 0.1) is 5.92 Å². The molecule has 0 aromatic rings. The highest BCUT2D eigenvalue weighted by atomic mass is 32.2. The van der Waals surface area contributed by atoms with Gasteiger partial charge in [0.1, 0.15) is 5.37 Å². The number of carbonyl (C=O) groups is 1. The van der Waals surface area contributed by atoms with Crippen LogP contribution in [-0.4, -0.2) is 54.4 Å². The molecule has 3 unspecified atom stereocenters. The largest absolute Gasteiger partial charge is 0.323 e. The summed E-state index contributed by atoms with van der Waals surface area (Å²) in [4.78, 5) is 13.9. The zero-order valence-electron chi connectivity index (χ0n) is 11.8. The van der Waals surface area contributed by atoms with Gasteiger partial charge in [0, 0.05) is 23.8 Å². The summed E-state index contributed by atoms with van der Waals surface area (Å²) in [6.45, 7) is 5.98. The number of nitrogens with two attached hydrogens (primary N) is 1. The SMILES string of the molecule is CCC(C)C(N)C(=O)N1CCSCC1S(=O)(=O)CC. The molecule has 19 heavy (non-hydrogen) atoms. The summed E-state index contributed by atoms with van der Waals surface area (Å²) >= 11 is 1.58. The van der Waals surface area contributed by atoms with Crippen LogP contribution in [0.25, 0.3) is 0 Å². The molecule has 0 aromatic carbocycles. The van der Waals surface area contributed by atoms with Crippen molar-refractivity contribution >= 4 is 27.5 Å². The normalized spacial score (nSPS) is 24.0. The van der Waals surface area contributed by atoms with Crippen LogP contribution in [-0.2, 0) is 14.6 Å². The van der Waals surface area contributed by atoms with Crippen LogP contribution in [0.15, 0.2) is 0 Å². The Hall–Kier alpha value is -0.270. The lowest BCUT2D eigenvalue weighted by Crippen LogP contribution is -2.56. The molecule has 1 fully saturated rings. The van der Waals surface area contributed by atoms with E-state index in [9.17, 15) is 13.2 Å². The number of carbonyl (C=O) groups excluding carboxylic acids is 1. The Balaban J connectivity index is 2.92. The lowest BCUT2D eigenvalue weighted by atomic mass is 9.99.